The first-order valence-corrected chi connectivity index (χ1v) is 5.34. The molecule has 0 bridgehead atoms. The number of rotatable bonds is 4. The van der Waals surface area contributed by atoms with E-state index in [0.29, 0.717) is 5.02 Å². The molecule has 15 heavy (non-hydrogen) atoms. The molecule has 0 fully saturated rings. The molecule has 0 radical (unpaired) electrons. The lowest BCUT2D eigenvalue weighted by atomic mass is 10.1. The monoisotopic (exact) mass is 222 g/mol. The van der Waals surface area contributed by atoms with E-state index in [1.807, 2.05) is 26.1 Å². The van der Waals surface area contributed by atoms with E-state index in [4.69, 9.17) is 11.6 Å². The van der Waals surface area contributed by atoms with Gasteiger partial charge < -0.3 is 5.32 Å². The highest BCUT2D eigenvalue weighted by molar-refractivity contribution is 6.31. The zero-order valence-electron chi connectivity index (χ0n) is 9.05. The summed E-state index contributed by atoms with van der Waals surface area (Å²) >= 11 is 6.07. The molecular weight excluding hydrogens is 208 g/mol. The van der Waals surface area contributed by atoms with Gasteiger partial charge in [-0.1, -0.05) is 11.6 Å². The lowest BCUT2D eigenvalue weighted by Gasteiger charge is -2.15. The minimum atomic E-state index is 0.180. The smallest absolute Gasteiger partial charge is 0.0759 e. The summed E-state index contributed by atoms with van der Waals surface area (Å²) in [5.41, 5.74) is 0.902. The van der Waals surface area contributed by atoms with Gasteiger partial charge in [0, 0.05) is 12.6 Å². The highest BCUT2D eigenvalue weighted by atomic mass is 35.5. The lowest BCUT2D eigenvalue weighted by molar-refractivity contribution is 0.544. The predicted molar refractivity (Wildman–Crippen MR) is 63.7 cm³/mol. The molecule has 1 aromatic rings. The Labute approximate surface area is 96.1 Å². The van der Waals surface area contributed by atoms with Gasteiger partial charge in [-0.15, -0.1) is 11.8 Å². The van der Waals surface area contributed by atoms with Gasteiger partial charge >= 0.3 is 0 Å². The van der Waals surface area contributed by atoms with E-state index < -0.39 is 0 Å². The molecule has 1 atom stereocenters. The van der Waals surface area contributed by atoms with Crippen LogP contribution in [-0.4, -0.2) is 12.0 Å². The molecule has 1 unspecified atom stereocenters. The van der Waals surface area contributed by atoms with Gasteiger partial charge in [-0.3, -0.25) is 4.98 Å². The van der Waals surface area contributed by atoms with Crippen molar-refractivity contribution in [3.05, 3.63) is 29.0 Å². The Morgan fingerprint density at radius 2 is 2.40 bits per heavy atom. The van der Waals surface area contributed by atoms with Crippen molar-refractivity contribution in [2.45, 2.75) is 25.8 Å². The maximum atomic E-state index is 6.07. The second kappa shape index (κ2) is 6.44. The van der Waals surface area contributed by atoms with Crippen molar-refractivity contribution in [1.29, 1.82) is 0 Å². The average molecular weight is 223 g/mol. The maximum Gasteiger partial charge on any atom is 0.0759 e. The third-order valence-corrected chi connectivity index (χ3v) is 2.52. The van der Waals surface area contributed by atoms with Gasteiger partial charge in [0.05, 0.1) is 16.8 Å². The summed E-state index contributed by atoms with van der Waals surface area (Å²) in [7, 11) is 1.91. The number of aromatic nitrogens is 1. The number of nitrogens with zero attached hydrogens (tertiary/aromatic N) is 1. The molecule has 0 spiro atoms. The van der Waals surface area contributed by atoms with Crippen LogP contribution >= 0.6 is 11.6 Å². The molecule has 0 aromatic carbocycles. The Hall–Kier alpha value is -1.04. The first-order chi connectivity index (χ1) is 7.29. The van der Waals surface area contributed by atoms with Gasteiger partial charge in [-0.2, -0.15) is 0 Å². The normalized spacial score (nSPS) is 11.7. The molecule has 1 rings (SSSR count). The second-order valence-electron chi connectivity index (χ2n) is 3.18. The van der Waals surface area contributed by atoms with Crippen LogP contribution in [0.3, 0.4) is 0 Å². The topological polar surface area (TPSA) is 24.9 Å². The molecule has 1 N–H and O–H groups in total. The SMILES string of the molecule is CC#CCCC(NC)c1ncccc1Cl. The van der Waals surface area contributed by atoms with Crippen LogP contribution in [-0.2, 0) is 0 Å². The van der Waals surface area contributed by atoms with E-state index in [-0.39, 0.29) is 6.04 Å². The first kappa shape index (κ1) is 12.0. The van der Waals surface area contributed by atoms with Crippen LogP contribution in [0.1, 0.15) is 31.5 Å². The summed E-state index contributed by atoms with van der Waals surface area (Å²) in [5.74, 6) is 5.92. The quantitative estimate of drug-likeness (QED) is 0.793. The van der Waals surface area contributed by atoms with Crippen molar-refractivity contribution in [3.8, 4) is 11.8 Å². The molecule has 1 heterocycles. The lowest BCUT2D eigenvalue weighted by Crippen LogP contribution is -2.17. The van der Waals surface area contributed by atoms with Crippen LogP contribution in [0.2, 0.25) is 5.02 Å². The van der Waals surface area contributed by atoms with Crippen molar-refractivity contribution in [2.75, 3.05) is 7.05 Å². The Morgan fingerprint density at radius 1 is 1.60 bits per heavy atom. The van der Waals surface area contributed by atoms with Gasteiger partial charge in [-0.25, -0.2) is 0 Å². The van der Waals surface area contributed by atoms with Gasteiger partial charge in [-0.05, 0) is 32.5 Å². The first-order valence-electron chi connectivity index (χ1n) is 4.97. The van der Waals surface area contributed by atoms with Crippen molar-refractivity contribution in [3.63, 3.8) is 0 Å². The van der Waals surface area contributed by atoms with Gasteiger partial charge in [0.1, 0.15) is 0 Å². The largest absolute Gasteiger partial charge is 0.312 e. The van der Waals surface area contributed by atoms with E-state index in [0.717, 1.165) is 18.5 Å². The van der Waals surface area contributed by atoms with Crippen molar-refractivity contribution in [1.82, 2.24) is 10.3 Å². The Morgan fingerprint density at radius 3 is 3.00 bits per heavy atom. The minimum Gasteiger partial charge on any atom is -0.312 e. The van der Waals surface area contributed by atoms with E-state index in [2.05, 4.69) is 22.1 Å². The van der Waals surface area contributed by atoms with Crippen LogP contribution in [0.15, 0.2) is 18.3 Å². The second-order valence-corrected chi connectivity index (χ2v) is 3.58. The molecule has 0 amide bonds. The molecule has 0 aliphatic rings. The van der Waals surface area contributed by atoms with Crippen LogP contribution in [0.5, 0.6) is 0 Å². The summed E-state index contributed by atoms with van der Waals surface area (Å²) in [5, 5.41) is 3.91. The van der Waals surface area contributed by atoms with E-state index >= 15 is 0 Å². The number of hydrogen-bond donors (Lipinski definition) is 1. The van der Waals surface area contributed by atoms with Crippen LogP contribution in [0, 0.1) is 11.8 Å². The molecule has 2 nitrogen and oxygen atoms in total. The van der Waals surface area contributed by atoms with Crippen molar-refractivity contribution >= 4 is 11.6 Å². The van der Waals surface area contributed by atoms with Gasteiger partial charge in [0.15, 0.2) is 0 Å². The Kier molecular flexibility index (Phi) is 5.17. The molecule has 3 heteroatoms. The fourth-order valence-corrected chi connectivity index (χ4v) is 1.67. The molecule has 0 aliphatic heterocycles. The molecule has 0 saturated carbocycles. The van der Waals surface area contributed by atoms with E-state index in [9.17, 15) is 0 Å². The predicted octanol–water partition coefficient (Wildman–Crippen LogP) is 2.80. The van der Waals surface area contributed by atoms with Gasteiger partial charge in [0.2, 0.25) is 0 Å². The fraction of sp³-hybridized carbons (Fsp3) is 0.417. The summed E-state index contributed by atoms with van der Waals surface area (Å²) in [6.07, 6.45) is 3.54. The number of nitrogens with one attached hydrogen (secondary N) is 1. The molecule has 0 aliphatic carbocycles. The Bertz CT molecular complexity index is 365. The molecule has 1 aromatic heterocycles. The minimum absolute atomic E-state index is 0.180. The average Bonchev–Trinajstić information content (AvgIpc) is 2.26. The summed E-state index contributed by atoms with van der Waals surface area (Å²) < 4.78 is 0. The van der Waals surface area contributed by atoms with Crippen LogP contribution in [0.4, 0.5) is 0 Å². The van der Waals surface area contributed by atoms with Crippen LogP contribution < -0.4 is 5.32 Å². The van der Waals surface area contributed by atoms with Crippen LogP contribution in [0.25, 0.3) is 0 Å². The summed E-state index contributed by atoms with van der Waals surface area (Å²) in [4.78, 5) is 4.29. The number of pyridine rings is 1. The number of hydrogen-bond acceptors (Lipinski definition) is 2. The highest BCUT2D eigenvalue weighted by Crippen LogP contribution is 2.23. The highest BCUT2D eigenvalue weighted by Gasteiger charge is 2.12. The number of halogens is 1. The van der Waals surface area contributed by atoms with Crippen molar-refractivity contribution < 1.29 is 0 Å². The molecule has 0 saturated heterocycles. The third kappa shape index (κ3) is 3.54. The Balaban J connectivity index is 2.72. The summed E-state index contributed by atoms with van der Waals surface area (Å²) in [6.45, 7) is 1.85. The van der Waals surface area contributed by atoms with E-state index in [1.165, 1.54) is 0 Å². The maximum absolute atomic E-state index is 6.07. The standard InChI is InChI=1S/C12H15ClN2/c1-3-4-5-8-11(14-2)12-10(13)7-6-9-15-12/h6-7,9,11,14H,5,8H2,1-2H3. The molecule has 80 valence electrons. The third-order valence-electron chi connectivity index (χ3n) is 2.20. The van der Waals surface area contributed by atoms with Gasteiger partial charge in [0.25, 0.3) is 0 Å². The zero-order chi connectivity index (χ0) is 11.1. The fourth-order valence-electron chi connectivity index (χ4n) is 1.41. The summed E-state index contributed by atoms with van der Waals surface area (Å²) in [6, 6.07) is 3.88. The zero-order valence-corrected chi connectivity index (χ0v) is 9.80. The van der Waals surface area contributed by atoms with Crippen molar-refractivity contribution in [2.24, 2.45) is 0 Å². The van der Waals surface area contributed by atoms with E-state index in [1.54, 1.807) is 6.20 Å². The molecular formula is C12H15ClN2.